The van der Waals surface area contributed by atoms with Crippen LogP contribution in [0.4, 0.5) is 4.79 Å². The third-order valence-corrected chi connectivity index (χ3v) is 5.83. The van der Waals surface area contributed by atoms with Gasteiger partial charge >= 0.3 is 12.0 Å². The predicted molar refractivity (Wildman–Crippen MR) is 108 cm³/mol. The summed E-state index contributed by atoms with van der Waals surface area (Å²) in [5.41, 5.74) is 1.95. The molecule has 1 aromatic heterocycles. The monoisotopic (exact) mass is 395 g/mol. The molecule has 0 spiro atoms. The molecule has 7 nitrogen and oxygen atoms in total. The molecule has 4 rings (SSSR count). The second-order valence-corrected chi connectivity index (χ2v) is 7.82. The van der Waals surface area contributed by atoms with Crippen LogP contribution in [0.25, 0.3) is 0 Å². The molecular weight excluding hydrogens is 370 g/mol. The van der Waals surface area contributed by atoms with Gasteiger partial charge in [0.05, 0.1) is 7.11 Å². The molecule has 0 saturated carbocycles. The summed E-state index contributed by atoms with van der Waals surface area (Å²) in [5.74, 6) is -0.0954. The Kier molecular flexibility index (Phi) is 5.38. The first-order valence-electron chi connectivity index (χ1n) is 9.92. The Hall–Kier alpha value is -3.09. The zero-order chi connectivity index (χ0) is 20.4. The quantitative estimate of drug-likeness (QED) is 0.800. The van der Waals surface area contributed by atoms with Crippen molar-refractivity contribution in [2.45, 2.75) is 31.3 Å². The average Bonchev–Trinajstić information content (AvgIpc) is 2.74. The number of nitrogens with zero attached hydrogens (tertiary/aromatic N) is 2. The van der Waals surface area contributed by atoms with Gasteiger partial charge in [-0.2, -0.15) is 0 Å². The van der Waals surface area contributed by atoms with E-state index in [2.05, 4.69) is 5.32 Å². The lowest BCUT2D eigenvalue weighted by Gasteiger charge is -2.42. The number of carbonyl (C=O) groups is 2. The largest absolute Gasteiger partial charge is 0.467 e. The first-order valence-corrected chi connectivity index (χ1v) is 9.92. The summed E-state index contributed by atoms with van der Waals surface area (Å²) < 4.78 is 6.73. The molecule has 7 heteroatoms. The minimum absolute atomic E-state index is 0.0173. The summed E-state index contributed by atoms with van der Waals surface area (Å²) in [4.78, 5) is 39.1. The van der Waals surface area contributed by atoms with Crippen molar-refractivity contribution < 1.29 is 14.3 Å². The van der Waals surface area contributed by atoms with Crippen LogP contribution in [-0.4, -0.2) is 47.7 Å². The maximum absolute atomic E-state index is 13.0. The normalized spacial score (nSPS) is 21.1. The maximum Gasteiger partial charge on any atom is 0.328 e. The lowest BCUT2D eigenvalue weighted by molar-refractivity contribution is -0.142. The van der Waals surface area contributed by atoms with Crippen LogP contribution in [0.1, 0.15) is 23.6 Å². The number of carbonyl (C=O) groups excluding carboxylic acids is 2. The zero-order valence-electron chi connectivity index (χ0n) is 16.4. The van der Waals surface area contributed by atoms with Crippen LogP contribution in [0, 0.1) is 5.92 Å². The van der Waals surface area contributed by atoms with Crippen LogP contribution in [-0.2, 0) is 22.5 Å². The average molecular weight is 395 g/mol. The van der Waals surface area contributed by atoms with Crippen LogP contribution in [0.5, 0.6) is 0 Å². The number of hydrogen-bond acceptors (Lipinski definition) is 4. The van der Waals surface area contributed by atoms with Crippen LogP contribution < -0.4 is 10.9 Å². The lowest BCUT2D eigenvalue weighted by atomic mass is 9.83. The standard InChI is InChI=1S/C22H25N3O4/c1-29-21(27)18(11-15-6-3-2-4-7-15)23-22(28)24-12-16-10-17(14-24)19-8-5-9-20(26)25(19)13-16/h2-9,16-18H,10-14H2,1H3,(H,23,28)/t16-,17-,18+/m0/s1. The van der Waals surface area contributed by atoms with Gasteiger partial charge in [0.1, 0.15) is 6.04 Å². The van der Waals surface area contributed by atoms with E-state index in [-0.39, 0.29) is 23.4 Å². The van der Waals surface area contributed by atoms with E-state index < -0.39 is 12.0 Å². The molecule has 29 heavy (non-hydrogen) atoms. The summed E-state index contributed by atoms with van der Waals surface area (Å²) >= 11 is 0. The zero-order valence-corrected chi connectivity index (χ0v) is 16.4. The van der Waals surface area contributed by atoms with Crippen LogP contribution >= 0.6 is 0 Å². The number of rotatable bonds is 4. The van der Waals surface area contributed by atoms with Crippen molar-refractivity contribution in [3.05, 3.63) is 70.1 Å². The topological polar surface area (TPSA) is 80.6 Å². The van der Waals surface area contributed by atoms with Gasteiger partial charge in [-0.25, -0.2) is 9.59 Å². The fourth-order valence-electron chi connectivity index (χ4n) is 4.49. The molecule has 1 aromatic carbocycles. The minimum atomic E-state index is -0.744. The van der Waals surface area contributed by atoms with E-state index >= 15 is 0 Å². The molecule has 0 radical (unpaired) electrons. The number of hydrogen-bond donors (Lipinski definition) is 1. The lowest BCUT2D eigenvalue weighted by Crippen LogP contribution is -2.55. The number of pyridine rings is 1. The number of nitrogens with one attached hydrogen (secondary N) is 1. The summed E-state index contributed by atoms with van der Waals surface area (Å²) in [5, 5.41) is 2.85. The highest BCUT2D eigenvalue weighted by Gasteiger charge is 2.37. The van der Waals surface area contributed by atoms with E-state index in [1.54, 1.807) is 17.0 Å². The number of likely N-dealkylation sites (tertiary alicyclic amines) is 1. The molecule has 2 aliphatic rings. The van der Waals surface area contributed by atoms with Crippen molar-refractivity contribution in [3.8, 4) is 0 Å². The van der Waals surface area contributed by atoms with Gasteiger partial charge in [0.15, 0.2) is 0 Å². The summed E-state index contributed by atoms with van der Waals surface area (Å²) in [7, 11) is 1.33. The molecule has 3 heterocycles. The SMILES string of the molecule is COC(=O)[C@@H](Cc1ccccc1)NC(=O)N1C[C@@H]2C[C@@H](C1)c1cccc(=O)n1C2. The molecule has 3 atom stereocenters. The van der Waals surface area contributed by atoms with Gasteiger partial charge in [0.2, 0.25) is 0 Å². The Balaban J connectivity index is 1.48. The van der Waals surface area contributed by atoms with Crippen molar-refractivity contribution in [1.29, 1.82) is 0 Å². The van der Waals surface area contributed by atoms with Gasteiger partial charge in [-0.1, -0.05) is 36.4 Å². The van der Waals surface area contributed by atoms with E-state index in [1.165, 1.54) is 7.11 Å². The van der Waals surface area contributed by atoms with Gasteiger partial charge in [-0.05, 0) is 24.0 Å². The highest BCUT2D eigenvalue weighted by Crippen LogP contribution is 2.34. The molecule has 2 bridgehead atoms. The number of fused-ring (bicyclic) bond motifs is 4. The number of methoxy groups -OCH3 is 1. The highest BCUT2D eigenvalue weighted by molar-refractivity contribution is 5.84. The summed E-state index contributed by atoms with van der Waals surface area (Å²) in [6.07, 6.45) is 1.34. The van der Waals surface area contributed by atoms with Crippen molar-refractivity contribution in [2.24, 2.45) is 5.92 Å². The molecule has 2 aliphatic heterocycles. The Labute approximate surface area is 169 Å². The minimum Gasteiger partial charge on any atom is -0.467 e. The summed E-state index contributed by atoms with van der Waals surface area (Å²) in [6.45, 7) is 1.73. The molecule has 1 N–H and O–H groups in total. The summed E-state index contributed by atoms with van der Waals surface area (Å²) in [6, 6.07) is 13.9. The molecule has 1 saturated heterocycles. The Morgan fingerprint density at radius 2 is 1.90 bits per heavy atom. The Morgan fingerprint density at radius 1 is 1.10 bits per heavy atom. The highest BCUT2D eigenvalue weighted by atomic mass is 16.5. The fourth-order valence-corrected chi connectivity index (χ4v) is 4.49. The number of ether oxygens (including phenoxy) is 1. The van der Waals surface area contributed by atoms with E-state index in [4.69, 9.17) is 4.74 Å². The van der Waals surface area contributed by atoms with Crippen LogP contribution in [0.2, 0.25) is 0 Å². The number of aromatic nitrogens is 1. The van der Waals surface area contributed by atoms with Crippen molar-refractivity contribution in [3.63, 3.8) is 0 Å². The molecular formula is C22H25N3O4. The predicted octanol–water partition coefficient (Wildman–Crippen LogP) is 1.76. The third-order valence-electron chi connectivity index (χ3n) is 5.83. The Morgan fingerprint density at radius 3 is 2.66 bits per heavy atom. The Bertz CT molecular complexity index is 956. The van der Waals surface area contributed by atoms with Gasteiger partial charge in [0.25, 0.3) is 5.56 Å². The van der Waals surface area contributed by atoms with Crippen LogP contribution in [0.3, 0.4) is 0 Å². The van der Waals surface area contributed by atoms with E-state index in [0.717, 1.165) is 17.7 Å². The smallest absolute Gasteiger partial charge is 0.328 e. The molecule has 0 aliphatic carbocycles. The van der Waals surface area contributed by atoms with Crippen molar-refractivity contribution in [2.75, 3.05) is 20.2 Å². The number of piperidine rings is 1. The molecule has 2 amide bonds. The molecule has 2 aromatic rings. The van der Waals surface area contributed by atoms with Gasteiger partial charge < -0.3 is 19.5 Å². The maximum atomic E-state index is 13.0. The van der Waals surface area contributed by atoms with Gasteiger partial charge in [-0.15, -0.1) is 0 Å². The van der Waals surface area contributed by atoms with Crippen molar-refractivity contribution >= 4 is 12.0 Å². The van der Waals surface area contributed by atoms with Gasteiger partial charge in [-0.3, -0.25) is 4.79 Å². The van der Waals surface area contributed by atoms with Crippen molar-refractivity contribution in [1.82, 2.24) is 14.8 Å². The van der Waals surface area contributed by atoms with Gasteiger partial charge in [0, 0.05) is 43.7 Å². The number of benzene rings is 1. The fraction of sp³-hybridized carbons (Fsp3) is 0.409. The first-order chi connectivity index (χ1) is 14.0. The van der Waals surface area contributed by atoms with E-state index in [0.29, 0.717) is 26.1 Å². The molecule has 1 fully saturated rings. The molecule has 0 unspecified atom stereocenters. The van der Waals surface area contributed by atoms with E-state index in [9.17, 15) is 14.4 Å². The number of esters is 1. The number of amides is 2. The second-order valence-electron chi connectivity index (χ2n) is 7.82. The third kappa shape index (κ3) is 4.04. The van der Waals surface area contributed by atoms with E-state index in [1.807, 2.05) is 41.0 Å². The first kappa shape index (κ1) is 19.2. The van der Waals surface area contributed by atoms with Crippen LogP contribution in [0.15, 0.2) is 53.3 Å². The molecule has 152 valence electrons. The number of urea groups is 1. The second kappa shape index (κ2) is 8.11.